The first-order valence-corrected chi connectivity index (χ1v) is 11.0. The van der Waals surface area contributed by atoms with Crippen LogP contribution in [0.4, 0.5) is 24.7 Å². The maximum absolute atomic E-state index is 12.8. The zero-order valence-corrected chi connectivity index (χ0v) is 17.9. The molecule has 1 heterocycles. The number of halogens is 3. The SMILES string of the molecule is C[C@H](N[C@@H]1CC[C@H](n2cc(C(N)=O)c(Nc3ccc(C(F)(F)F)cc3)n2)[C@@H](N)C1)C1CC1. The predicted octanol–water partition coefficient (Wildman–Crippen LogP) is 3.55. The lowest BCUT2D eigenvalue weighted by molar-refractivity contribution is -0.137. The first-order chi connectivity index (χ1) is 15.1. The Morgan fingerprint density at radius 1 is 1.19 bits per heavy atom. The van der Waals surface area contributed by atoms with Gasteiger partial charge >= 0.3 is 6.18 Å². The first-order valence-electron chi connectivity index (χ1n) is 11.0. The lowest BCUT2D eigenvalue weighted by Crippen LogP contribution is -2.48. The number of nitrogens with one attached hydrogen (secondary N) is 2. The summed E-state index contributed by atoms with van der Waals surface area (Å²) in [7, 11) is 0. The van der Waals surface area contributed by atoms with Gasteiger partial charge < -0.3 is 22.1 Å². The van der Waals surface area contributed by atoms with Gasteiger partial charge in [0.05, 0.1) is 11.6 Å². The van der Waals surface area contributed by atoms with Gasteiger partial charge in [-0.1, -0.05) is 0 Å². The number of amides is 1. The molecule has 4 rings (SSSR count). The van der Waals surface area contributed by atoms with Crippen LogP contribution < -0.4 is 22.1 Å². The van der Waals surface area contributed by atoms with Crippen LogP contribution in [0.1, 0.15) is 61.0 Å². The summed E-state index contributed by atoms with van der Waals surface area (Å²) in [5.41, 5.74) is 11.8. The number of hydrogen-bond acceptors (Lipinski definition) is 5. The van der Waals surface area contributed by atoms with Gasteiger partial charge in [0.1, 0.15) is 5.56 Å². The molecule has 2 aliphatic rings. The molecule has 2 saturated carbocycles. The maximum atomic E-state index is 12.8. The van der Waals surface area contributed by atoms with E-state index in [0.29, 0.717) is 17.8 Å². The number of nitrogens with two attached hydrogens (primary N) is 2. The minimum Gasteiger partial charge on any atom is -0.365 e. The van der Waals surface area contributed by atoms with Crippen LogP contribution in [0.5, 0.6) is 0 Å². The topological polar surface area (TPSA) is 111 Å². The van der Waals surface area contributed by atoms with Crippen LogP contribution in [-0.2, 0) is 6.18 Å². The molecular weight excluding hydrogens is 421 g/mol. The molecule has 0 bridgehead atoms. The largest absolute Gasteiger partial charge is 0.416 e. The Morgan fingerprint density at radius 2 is 1.88 bits per heavy atom. The molecule has 0 radical (unpaired) electrons. The van der Waals surface area contributed by atoms with Gasteiger partial charge in [0.25, 0.3) is 5.91 Å². The van der Waals surface area contributed by atoms with Crippen LogP contribution >= 0.6 is 0 Å². The van der Waals surface area contributed by atoms with Gasteiger partial charge in [-0.2, -0.15) is 18.3 Å². The predicted molar refractivity (Wildman–Crippen MR) is 115 cm³/mol. The van der Waals surface area contributed by atoms with Gasteiger partial charge in [0.2, 0.25) is 0 Å². The van der Waals surface area contributed by atoms with E-state index in [1.807, 2.05) is 0 Å². The van der Waals surface area contributed by atoms with E-state index in [9.17, 15) is 18.0 Å². The molecule has 6 N–H and O–H groups in total. The van der Waals surface area contributed by atoms with Gasteiger partial charge in [0.15, 0.2) is 5.82 Å². The maximum Gasteiger partial charge on any atom is 0.416 e. The van der Waals surface area contributed by atoms with E-state index < -0.39 is 17.6 Å². The Hall–Kier alpha value is -2.59. The summed E-state index contributed by atoms with van der Waals surface area (Å²) in [6.07, 6.45) is 2.27. The molecule has 1 aromatic carbocycles. The number of carbonyl (C=O) groups is 1. The number of primary amides is 1. The van der Waals surface area contributed by atoms with Crippen LogP contribution in [0.25, 0.3) is 0 Å². The fraction of sp³-hybridized carbons (Fsp3) is 0.545. The van der Waals surface area contributed by atoms with E-state index in [-0.39, 0.29) is 23.5 Å². The fourth-order valence-corrected chi connectivity index (χ4v) is 4.49. The number of hydrogen-bond donors (Lipinski definition) is 4. The summed E-state index contributed by atoms with van der Waals surface area (Å²) in [6.45, 7) is 2.22. The number of anilines is 2. The zero-order chi connectivity index (χ0) is 23.0. The third-order valence-electron chi connectivity index (χ3n) is 6.50. The Morgan fingerprint density at radius 3 is 2.44 bits per heavy atom. The third-order valence-corrected chi connectivity index (χ3v) is 6.50. The molecule has 4 atom stereocenters. The average molecular weight is 451 g/mol. The molecule has 7 nitrogen and oxygen atoms in total. The highest BCUT2D eigenvalue weighted by molar-refractivity contribution is 5.98. The van der Waals surface area contributed by atoms with E-state index in [1.165, 1.54) is 25.0 Å². The van der Waals surface area contributed by atoms with E-state index in [4.69, 9.17) is 11.5 Å². The monoisotopic (exact) mass is 450 g/mol. The number of alkyl halides is 3. The summed E-state index contributed by atoms with van der Waals surface area (Å²) < 4.78 is 40.0. The van der Waals surface area contributed by atoms with Crippen LogP contribution in [-0.4, -0.2) is 33.8 Å². The molecule has 0 unspecified atom stereocenters. The smallest absolute Gasteiger partial charge is 0.365 e. The van der Waals surface area contributed by atoms with Crippen LogP contribution in [0, 0.1) is 5.92 Å². The average Bonchev–Trinajstić information content (AvgIpc) is 3.49. The second-order valence-electron chi connectivity index (χ2n) is 8.97. The minimum absolute atomic E-state index is 0.0921. The van der Waals surface area contributed by atoms with Crippen LogP contribution in [0.15, 0.2) is 30.5 Å². The standard InChI is InChI=1S/C22H29F3N6O/c1-12(13-2-3-13)28-16-8-9-19(18(26)10-16)31-11-17(20(27)32)21(30-31)29-15-6-4-14(5-7-15)22(23,24)25/h4-7,11-13,16,18-19,28H,2-3,8-10,26H2,1H3,(H2,27,32)(H,29,30)/t12-,16+,18-,19-/m0/s1. The van der Waals surface area contributed by atoms with Crippen molar-refractivity contribution in [2.24, 2.45) is 17.4 Å². The molecule has 2 aromatic rings. The van der Waals surface area contributed by atoms with Gasteiger partial charge in [-0.15, -0.1) is 0 Å². The lowest BCUT2D eigenvalue weighted by atomic mass is 9.86. The van der Waals surface area contributed by atoms with Gasteiger partial charge in [-0.25, -0.2) is 0 Å². The summed E-state index contributed by atoms with van der Waals surface area (Å²) in [6, 6.07) is 5.12. The van der Waals surface area contributed by atoms with Gasteiger partial charge in [-0.3, -0.25) is 9.48 Å². The van der Waals surface area contributed by atoms with Crippen molar-refractivity contribution in [2.45, 2.75) is 69.4 Å². The van der Waals surface area contributed by atoms with Crippen molar-refractivity contribution in [1.29, 1.82) is 0 Å². The van der Waals surface area contributed by atoms with Crippen molar-refractivity contribution >= 4 is 17.4 Å². The van der Waals surface area contributed by atoms with Crippen molar-refractivity contribution in [3.63, 3.8) is 0 Å². The number of benzene rings is 1. The number of rotatable bonds is 7. The summed E-state index contributed by atoms with van der Waals surface area (Å²) >= 11 is 0. The molecule has 1 amide bonds. The molecule has 10 heteroatoms. The molecule has 0 saturated heterocycles. The summed E-state index contributed by atoms with van der Waals surface area (Å²) in [5, 5.41) is 11.1. The minimum atomic E-state index is -4.42. The summed E-state index contributed by atoms with van der Waals surface area (Å²) in [4.78, 5) is 12.0. The Labute approximate surface area is 184 Å². The van der Waals surface area contributed by atoms with Crippen molar-refractivity contribution in [1.82, 2.24) is 15.1 Å². The Balaban J connectivity index is 1.46. The lowest BCUT2D eigenvalue weighted by Gasteiger charge is -2.36. The molecule has 0 aliphatic heterocycles. The van der Waals surface area contributed by atoms with E-state index >= 15 is 0 Å². The molecule has 0 spiro atoms. The van der Waals surface area contributed by atoms with Gasteiger partial charge in [-0.05, 0) is 69.2 Å². The van der Waals surface area contributed by atoms with E-state index in [2.05, 4.69) is 22.7 Å². The highest BCUT2D eigenvalue weighted by atomic mass is 19.4. The zero-order valence-electron chi connectivity index (χ0n) is 17.9. The molecular formula is C22H29F3N6O. The molecule has 32 heavy (non-hydrogen) atoms. The Kier molecular flexibility index (Phi) is 6.17. The van der Waals surface area contributed by atoms with Crippen LogP contribution in [0.3, 0.4) is 0 Å². The van der Waals surface area contributed by atoms with E-state index in [1.54, 1.807) is 10.9 Å². The highest BCUT2D eigenvalue weighted by Gasteiger charge is 2.34. The molecule has 2 aliphatic carbocycles. The normalized spacial score (nSPS) is 24.8. The molecule has 2 fully saturated rings. The van der Waals surface area contributed by atoms with Gasteiger partial charge in [0, 0.05) is 30.0 Å². The van der Waals surface area contributed by atoms with Crippen molar-refractivity contribution in [3.05, 3.63) is 41.6 Å². The number of carbonyl (C=O) groups excluding carboxylic acids is 1. The summed E-state index contributed by atoms with van der Waals surface area (Å²) in [5.74, 6) is 0.298. The number of nitrogens with zero attached hydrogens (tertiary/aromatic N) is 2. The first kappa shape index (κ1) is 22.6. The van der Waals surface area contributed by atoms with Crippen molar-refractivity contribution in [2.75, 3.05) is 5.32 Å². The Bertz CT molecular complexity index is 954. The van der Waals surface area contributed by atoms with Crippen molar-refractivity contribution < 1.29 is 18.0 Å². The number of aromatic nitrogens is 2. The highest BCUT2D eigenvalue weighted by Crippen LogP contribution is 2.35. The van der Waals surface area contributed by atoms with E-state index in [0.717, 1.165) is 37.3 Å². The quantitative estimate of drug-likeness (QED) is 0.516. The second kappa shape index (κ2) is 8.74. The second-order valence-corrected chi connectivity index (χ2v) is 8.97. The van der Waals surface area contributed by atoms with Crippen molar-refractivity contribution in [3.8, 4) is 0 Å². The van der Waals surface area contributed by atoms with Crippen LogP contribution in [0.2, 0.25) is 0 Å². The molecule has 1 aromatic heterocycles. The fourth-order valence-electron chi connectivity index (χ4n) is 4.49. The third kappa shape index (κ3) is 5.07. The molecule has 174 valence electrons.